The molecule has 1 aliphatic heterocycles. The standard InChI is InChI=1S/C18H20N8O/c1-24(2)17-14-11-26(18(27)12-4-6-19-20-8-12)7-5-15(14)22-16(23-17)13-9-21-25(3)10-13/h4,6,8-10H,5,7,11H2,1-3H3. The summed E-state index contributed by atoms with van der Waals surface area (Å²) in [7, 11) is 5.76. The van der Waals surface area contributed by atoms with Crippen molar-refractivity contribution in [2.45, 2.75) is 13.0 Å². The predicted octanol–water partition coefficient (Wildman–Crippen LogP) is 0.932. The quantitative estimate of drug-likeness (QED) is 0.682. The molecule has 1 aliphatic rings. The lowest BCUT2D eigenvalue weighted by Gasteiger charge is -2.31. The normalized spacial score (nSPS) is 13.4. The molecule has 27 heavy (non-hydrogen) atoms. The Labute approximate surface area is 156 Å². The molecule has 4 heterocycles. The molecule has 0 fully saturated rings. The molecule has 3 aromatic heterocycles. The zero-order chi connectivity index (χ0) is 19.0. The molecule has 0 bridgehead atoms. The van der Waals surface area contributed by atoms with Gasteiger partial charge >= 0.3 is 0 Å². The number of carbonyl (C=O) groups excluding carboxylic acids is 1. The number of anilines is 1. The second-order valence-corrected chi connectivity index (χ2v) is 6.70. The molecule has 9 heteroatoms. The van der Waals surface area contributed by atoms with Crippen molar-refractivity contribution in [3.05, 3.63) is 47.7 Å². The van der Waals surface area contributed by atoms with Crippen molar-refractivity contribution in [1.82, 2.24) is 34.8 Å². The molecule has 1 amide bonds. The maximum Gasteiger partial charge on any atom is 0.255 e. The van der Waals surface area contributed by atoms with Gasteiger partial charge in [0.05, 0.1) is 42.0 Å². The maximum atomic E-state index is 12.8. The molecule has 0 radical (unpaired) electrons. The second kappa shape index (κ2) is 6.75. The second-order valence-electron chi connectivity index (χ2n) is 6.70. The summed E-state index contributed by atoms with van der Waals surface area (Å²) >= 11 is 0. The third kappa shape index (κ3) is 3.23. The van der Waals surface area contributed by atoms with Gasteiger partial charge in [0.1, 0.15) is 5.82 Å². The van der Waals surface area contributed by atoms with Crippen LogP contribution in [0.3, 0.4) is 0 Å². The van der Waals surface area contributed by atoms with Crippen LogP contribution in [0.15, 0.2) is 30.9 Å². The van der Waals surface area contributed by atoms with Crippen LogP contribution in [0.2, 0.25) is 0 Å². The number of aryl methyl sites for hydroxylation is 1. The lowest BCUT2D eigenvalue weighted by molar-refractivity contribution is 0.0733. The zero-order valence-corrected chi connectivity index (χ0v) is 15.5. The van der Waals surface area contributed by atoms with E-state index >= 15 is 0 Å². The van der Waals surface area contributed by atoms with Crippen LogP contribution in [-0.2, 0) is 20.0 Å². The smallest absolute Gasteiger partial charge is 0.255 e. The molecule has 0 unspecified atom stereocenters. The number of carbonyl (C=O) groups is 1. The van der Waals surface area contributed by atoms with Crippen LogP contribution in [0.1, 0.15) is 21.6 Å². The topological polar surface area (TPSA) is 92.9 Å². The van der Waals surface area contributed by atoms with Gasteiger partial charge in [-0.1, -0.05) is 0 Å². The molecular weight excluding hydrogens is 344 g/mol. The largest absolute Gasteiger partial charge is 0.362 e. The summed E-state index contributed by atoms with van der Waals surface area (Å²) in [6.45, 7) is 1.07. The third-order valence-electron chi connectivity index (χ3n) is 4.54. The molecule has 0 saturated carbocycles. The van der Waals surface area contributed by atoms with E-state index in [0.717, 1.165) is 22.6 Å². The molecule has 0 aromatic carbocycles. The monoisotopic (exact) mass is 364 g/mol. The highest BCUT2D eigenvalue weighted by Crippen LogP contribution is 2.29. The van der Waals surface area contributed by atoms with Gasteiger partial charge in [-0.15, -0.1) is 0 Å². The Balaban J connectivity index is 1.69. The predicted molar refractivity (Wildman–Crippen MR) is 99.0 cm³/mol. The average Bonchev–Trinajstić information content (AvgIpc) is 3.13. The molecule has 0 aliphatic carbocycles. The van der Waals surface area contributed by atoms with Gasteiger partial charge in [0.2, 0.25) is 0 Å². The number of amides is 1. The SMILES string of the molecule is CN(C)c1nc(-c2cnn(C)c2)nc2c1CN(C(=O)c1ccnnc1)CC2. The molecule has 0 atom stereocenters. The van der Waals surface area contributed by atoms with Crippen LogP contribution in [0.5, 0.6) is 0 Å². The fourth-order valence-electron chi connectivity index (χ4n) is 3.21. The summed E-state index contributed by atoms with van der Waals surface area (Å²) in [5, 5.41) is 11.7. The minimum absolute atomic E-state index is 0.0587. The fourth-order valence-corrected chi connectivity index (χ4v) is 3.21. The van der Waals surface area contributed by atoms with E-state index in [1.165, 1.54) is 12.4 Å². The summed E-state index contributed by atoms with van der Waals surface area (Å²) in [5.74, 6) is 1.42. The van der Waals surface area contributed by atoms with Gasteiger partial charge in [-0.3, -0.25) is 9.48 Å². The fraction of sp³-hybridized carbons (Fsp3) is 0.333. The Hall–Kier alpha value is -3.36. The highest BCUT2D eigenvalue weighted by Gasteiger charge is 2.27. The average molecular weight is 364 g/mol. The van der Waals surface area contributed by atoms with E-state index in [-0.39, 0.29) is 5.91 Å². The molecule has 0 saturated heterocycles. The van der Waals surface area contributed by atoms with Crippen LogP contribution < -0.4 is 4.90 Å². The number of aromatic nitrogens is 6. The molecule has 9 nitrogen and oxygen atoms in total. The van der Waals surface area contributed by atoms with Crippen molar-refractivity contribution in [2.24, 2.45) is 7.05 Å². The first-order valence-electron chi connectivity index (χ1n) is 8.65. The number of fused-ring (bicyclic) bond motifs is 1. The summed E-state index contributed by atoms with van der Waals surface area (Å²) < 4.78 is 1.73. The lowest BCUT2D eigenvalue weighted by Crippen LogP contribution is -2.37. The van der Waals surface area contributed by atoms with Crippen molar-refractivity contribution in [3.63, 3.8) is 0 Å². The Bertz CT molecular complexity index is 982. The van der Waals surface area contributed by atoms with E-state index in [1.807, 2.05) is 32.2 Å². The van der Waals surface area contributed by atoms with Crippen molar-refractivity contribution >= 4 is 11.7 Å². The highest BCUT2D eigenvalue weighted by molar-refractivity contribution is 5.94. The first-order chi connectivity index (χ1) is 13.0. The number of nitrogens with zero attached hydrogens (tertiary/aromatic N) is 8. The van der Waals surface area contributed by atoms with Gasteiger partial charge in [-0.05, 0) is 6.07 Å². The molecule has 0 N–H and O–H groups in total. The summed E-state index contributed by atoms with van der Waals surface area (Å²) in [6, 6.07) is 1.68. The summed E-state index contributed by atoms with van der Waals surface area (Å²) in [4.78, 5) is 26.0. The van der Waals surface area contributed by atoms with Crippen LogP contribution in [0.25, 0.3) is 11.4 Å². The molecule has 0 spiro atoms. The van der Waals surface area contributed by atoms with E-state index < -0.39 is 0 Å². The Kier molecular flexibility index (Phi) is 4.27. The number of rotatable bonds is 3. The Morgan fingerprint density at radius 1 is 1.19 bits per heavy atom. The number of hydrogen-bond donors (Lipinski definition) is 0. The van der Waals surface area contributed by atoms with Gasteiger partial charge in [-0.2, -0.15) is 15.3 Å². The molecular formula is C18H20N8O. The van der Waals surface area contributed by atoms with Gasteiger partial charge < -0.3 is 9.80 Å². The first-order valence-corrected chi connectivity index (χ1v) is 8.65. The van der Waals surface area contributed by atoms with Gasteiger partial charge in [-0.25, -0.2) is 9.97 Å². The molecule has 3 aromatic rings. The van der Waals surface area contributed by atoms with E-state index in [1.54, 1.807) is 21.8 Å². The first kappa shape index (κ1) is 17.1. The van der Waals surface area contributed by atoms with Gasteiger partial charge in [0, 0.05) is 45.9 Å². The highest BCUT2D eigenvalue weighted by atomic mass is 16.2. The van der Waals surface area contributed by atoms with Crippen LogP contribution in [0, 0.1) is 0 Å². The van der Waals surface area contributed by atoms with E-state index in [2.05, 4.69) is 15.3 Å². The van der Waals surface area contributed by atoms with Crippen molar-refractivity contribution in [2.75, 3.05) is 25.5 Å². The van der Waals surface area contributed by atoms with Crippen molar-refractivity contribution < 1.29 is 4.79 Å². The summed E-state index contributed by atoms with van der Waals surface area (Å²) in [6.07, 6.45) is 7.36. The Morgan fingerprint density at radius 3 is 2.70 bits per heavy atom. The van der Waals surface area contributed by atoms with Crippen LogP contribution in [-0.4, -0.2) is 61.4 Å². The van der Waals surface area contributed by atoms with Crippen molar-refractivity contribution in [3.8, 4) is 11.4 Å². The maximum absolute atomic E-state index is 12.8. The van der Waals surface area contributed by atoms with E-state index in [9.17, 15) is 4.79 Å². The molecule has 138 valence electrons. The van der Waals surface area contributed by atoms with E-state index in [0.29, 0.717) is 30.9 Å². The van der Waals surface area contributed by atoms with Gasteiger partial charge in [0.25, 0.3) is 5.91 Å². The third-order valence-corrected chi connectivity index (χ3v) is 4.54. The van der Waals surface area contributed by atoms with Crippen molar-refractivity contribution in [1.29, 1.82) is 0 Å². The number of hydrogen-bond acceptors (Lipinski definition) is 7. The van der Waals surface area contributed by atoms with Crippen LogP contribution >= 0.6 is 0 Å². The van der Waals surface area contributed by atoms with Crippen LogP contribution in [0.4, 0.5) is 5.82 Å². The Morgan fingerprint density at radius 2 is 2.04 bits per heavy atom. The summed E-state index contributed by atoms with van der Waals surface area (Å²) in [5.41, 5.74) is 3.37. The lowest BCUT2D eigenvalue weighted by atomic mass is 10.0. The zero-order valence-electron chi connectivity index (χ0n) is 15.5. The minimum atomic E-state index is -0.0587. The van der Waals surface area contributed by atoms with E-state index in [4.69, 9.17) is 9.97 Å². The van der Waals surface area contributed by atoms with Gasteiger partial charge in [0.15, 0.2) is 5.82 Å². The minimum Gasteiger partial charge on any atom is -0.362 e. The molecule has 4 rings (SSSR count).